The first kappa shape index (κ1) is 12.7. The number of aromatic hydroxyl groups is 1. The average Bonchev–Trinajstić information content (AvgIpc) is 2.44. The molecular formula is C15H9FO3S. The summed E-state index contributed by atoms with van der Waals surface area (Å²) in [7, 11) is 0. The van der Waals surface area contributed by atoms with Gasteiger partial charge in [0.2, 0.25) is 0 Å². The smallest absolute Gasteiger partial charge is 0.354 e. The number of benzene rings is 2. The third-order valence-electron chi connectivity index (χ3n) is 2.77. The Morgan fingerprint density at radius 1 is 1.10 bits per heavy atom. The van der Waals surface area contributed by atoms with Crippen LogP contribution in [0.25, 0.3) is 11.0 Å². The van der Waals surface area contributed by atoms with E-state index >= 15 is 0 Å². The fraction of sp³-hybridized carbons (Fsp3) is 0. The van der Waals surface area contributed by atoms with Gasteiger partial charge in [-0.1, -0.05) is 30.0 Å². The van der Waals surface area contributed by atoms with E-state index in [0.717, 1.165) is 22.7 Å². The Morgan fingerprint density at radius 3 is 2.60 bits per heavy atom. The fourth-order valence-electron chi connectivity index (χ4n) is 1.84. The van der Waals surface area contributed by atoms with E-state index in [1.165, 1.54) is 12.1 Å². The fourth-order valence-corrected chi connectivity index (χ4v) is 2.70. The van der Waals surface area contributed by atoms with Gasteiger partial charge in [-0.3, -0.25) is 0 Å². The Labute approximate surface area is 117 Å². The van der Waals surface area contributed by atoms with Crippen LogP contribution in [0.3, 0.4) is 0 Å². The molecule has 0 aliphatic rings. The van der Waals surface area contributed by atoms with Crippen LogP contribution < -0.4 is 5.63 Å². The van der Waals surface area contributed by atoms with E-state index in [-0.39, 0.29) is 16.2 Å². The van der Waals surface area contributed by atoms with Crippen molar-refractivity contribution in [3.05, 3.63) is 64.8 Å². The highest BCUT2D eigenvalue weighted by Crippen LogP contribution is 2.36. The molecule has 3 aromatic rings. The largest absolute Gasteiger partial charge is 0.506 e. The summed E-state index contributed by atoms with van der Waals surface area (Å²) in [5.41, 5.74) is -0.653. The van der Waals surface area contributed by atoms with Crippen molar-refractivity contribution < 1.29 is 13.9 Å². The van der Waals surface area contributed by atoms with Gasteiger partial charge in [-0.2, -0.15) is 0 Å². The number of hydrogen-bond donors (Lipinski definition) is 1. The van der Waals surface area contributed by atoms with Crippen LogP contribution in [-0.2, 0) is 0 Å². The van der Waals surface area contributed by atoms with Crippen molar-refractivity contribution in [3.8, 4) is 5.75 Å². The maximum absolute atomic E-state index is 13.1. The maximum atomic E-state index is 13.1. The molecule has 0 unspecified atom stereocenters. The van der Waals surface area contributed by atoms with Gasteiger partial charge in [-0.15, -0.1) is 0 Å². The summed E-state index contributed by atoms with van der Waals surface area (Å²) >= 11 is 1.11. The lowest BCUT2D eigenvalue weighted by Gasteiger charge is -2.06. The molecule has 20 heavy (non-hydrogen) atoms. The Hall–Kier alpha value is -2.27. The van der Waals surface area contributed by atoms with Crippen LogP contribution in [0.1, 0.15) is 0 Å². The standard InChI is InChI=1S/C15H9FO3S/c16-9-6-7-11-12(8-9)19-15(18)14(13(11)17)20-10-4-2-1-3-5-10/h1-8,17H. The van der Waals surface area contributed by atoms with Gasteiger partial charge in [0, 0.05) is 11.0 Å². The van der Waals surface area contributed by atoms with Crippen molar-refractivity contribution in [2.45, 2.75) is 9.79 Å². The molecule has 0 aliphatic carbocycles. The minimum absolute atomic E-state index is 0.0323. The molecule has 3 nitrogen and oxygen atoms in total. The molecule has 1 N–H and O–H groups in total. The van der Waals surface area contributed by atoms with Crippen molar-refractivity contribution in [3.63, 3.8) is 0 Å². The SMILES string of the molecule is O=c1oc2cc(F)ccc2c(O)c1Sc1ccccc1. The molecule has 100 valence electrons. The molecule has 2 aromatic carbocycles. The average molecular weight is 288 g/mol. The van der Waals surface area contributed by atoms with Crippen molar-refractivity contribution in [1.29, 1.82) is 0 Å². The second kappa shape index (κ2) is 5.02. The molecule has 3 rings (SSSR count). The summed E-state index contributed by atoms with van der Waals surface area (Å²) in [6.45, 7) is 0. The predicted molar refractivity (Wildman–Crippen MR) is 74.7 cm³/mol. The molecule has 0 atom stereocenters. The second-order valence-corrected chi connectivity index (χ2v) is 5.21. The van der Waals surface area contributed by atoms with Crippen LogP contribution in [0, 0.1) is 5.82 Å². The van der Waals surface area contributed by atoms with Gasteiger partial charge < -0.3 is 9.52 Å². The summed E-state index contributed by atoms with van der Waals surface area (Å²) in [6, 6.07) is 12.8. The van der Waals surface area contributed by atoms with Gasteiger partial charge in [0.15, 0.2) is 0 Å². The lowest BCUT2D eigenvalue weighted by Crippen LogP contribution is -2.02. The summed E-state index contributed by atoms with van der Waals surface area (Å²) in [6.07, 6.45) is 0. The molecular weight excluding hydrogens is 279 g/mol. The number of halogens is 1. The monoisotopic (exact) mass is 288 g/mol. The number of rotatable bonds is 2. The summed E-state index contributed by atoms with van der Waals surface area (Å²) < 4.78 is 18.1. The highest BCUT2D eigenvalue weighted by Gasteiger charge is 2.15. The highest BCUT2D eigenvalue weighted by molar-refractivity contribution is 7.99. The van der Waals surface area contributed by atoms with E-state index < -0.39 is 11.4 Å². The van der Waals surface area contributed by atoms with Crippen LogP contribution in [-0.4, -0.2) is 5.11 Å². The van der Waals surface area contributed by atoms with Gasteiger partial charge >= 0.3 is 5.63 Å². The van der Waals surface area contributed by atoms with E-state index in [4.69, 9.17) is 4.42 Å². The van der Waals surface area contributed by atoms with Crippen LogP contribution in [0.5, 0.6) is 5.75 Å². The van der Waals surface area contributed by atoms with Gasteiger partial charge in [0.05, 0.1) is 5.39 Å². The van der Waals surface area contributed by atoms with Crippen molar-refractivity contribution in [2.75, 3.05) is 0 Å². The topological polar surface area (TPSA) is 50.4 Å². The van der Waals surface area contributed by atoms with Crippen molar-refractivity contribution >= 4 is 22.7 Å². The molecule has 5 heteroatoms. The summed E-state index contributed by atoms with van der Waals surface area (Å²) in [5.74, 6) is -0.714. The van der Waals surface area contributed by atoms with E-state index in [0.29, 0.717) is 5.39 Å². The minimum atomic E-state index is -0.686. The Balaban J connectivity index is 2.16. The highest BCUT2D eigenvalue weighted by atomic mass is 32.2. The molecule has 0 bridgehead atoms. The molecule has 0 spiro atoms. The molecule has 1 heterocycles. The molecule has 0 amide bonds. The Morgan fingerprint density at radius 2 is 1.85 bits per heavy atom. The molecule has 1 aromatic heterocycles. The summed E-state index contributed by atoms with van der Waals surface area (Å²) in [4.78, 5) is 12.8. The van der Waals surface area contributed by atoms with Crippen LogP contribution in [0.15, 0.2) is 67.5 Å². The van der Waals surface area contributed by atoms with Crippen molar-refractivity contribution in [1.82, 2.24) is 0 Å². The zero-order valence-electron chi connectivity index (χ0n) is 10.2. The van der Waals surface area contributed by atoms with Gasteiger partial charge in [0.1, 0.15) is 22.0 Å². The maximum Gasteiger partial charge on any atom is 0.354 e. The third kappa shape index (κ3) is 2.28. The van der Waals surface area contributed by atoms with Crippen LogP contribution in [0.4, 0.5) is 4.39 Å². The van der Waals surface area contributed by atoms with Crippen LogP contribution in [0.2, 0.25) is 0 Å². The lowest BCUT2D eigenvalue weighted by atomic mass is 10.2. The molecule has 0 fully saturated rings. The van der Waals surface area contributed by atoms with Gasteiger partial charge in [-0.25, -0.2) is 9.18 Å². The van der Waals surface area contributed by atoms with Gasteiger partial charge in [0.25, 0.3) is 0 Å². The van der Waals surface area contributed by atoms with E-state index in [2.05, 4.69) is 0 Å². The quantitative estimate of drug-likeness (QED) is 0.729. The normalized spacial score (nSPS) is 10.8. The van der Waals surface area contributed by atoms with E-state index in [9.17, 15) is 14.3 Å². The minimum Gasteiger partial charge on any atom is -0.506 e. The summed E-state index contributed by atoms with van der Waals surface area (Å²) in [5, 5.41) is 10.5. The molecule has 0 aliphatic heterocycles. The zero-order valence-corrected chi connectivity index (χ0v) is 11.0. The Bertz CT molecular complexity index is 828. The first-order valence-electron chi connectivity index (χ1n) is 5.83. The lowest BCUT2D eigenvalue weighted by molar-refractivity contribution is 0.446. The van der Waals surface area contributed by atoms with E-state index in [1.807, 2.05) is 30.3 Å². The Kier molecular flexibility index (Phi) is 3.20. The number of hydrogen-bond acceptors (Lipinski definition) is 4. The second-order valence-electron chi connectivity index (χ2n) is 4.12. The number of fused-ring (bicyclic) bond motifs is 1. The van der Waals surface area contributed by atoms with E-state index in [1.54, 1.807) is 0 Å². The first-order chi connectivity index (χ1) is 9.65. The van der Waals surface area contributed by atoms with Crippen LogP contribution >= 0.6 is 11.8 Å². The third-order valence-corrected chi connectivity index (χ3v) is 3.84. The molecule has 0 saturated carbocycles. The van der Waals surface area contributed by atoms with Gasteiger partial charge in [-0.05, 0) is 24.3 Å². The molecule has 0 radical (unpaired) electrons. The zero-order chi connectivity index (χ0) is 14.1. The predicted octanol–water partition coefficient (Wildman–Crippen LogP) is 3.79. The first-order valence-corrected chi connectivity index (χ1v) is 6.65. The van der Waals surface area contributed by atoms with Crippen molar-refractivity contribution in [2.24, 2.45) is 0 Å². The molecule has 0 saturated heterocycles.